The minimum atomic E-state index is -0.525. The van der Waals surface area contributed by atoms with Crippen molar-refractivity contribution in [2.75, 3.05) is 12.4 Å². The molecule has 0 saturated heterocycles. The average molecular weight is 453 g/mol. The van der Waals surface area contributed by atoms with E-state index >= 15 is 0 Å². The second-order valence-electron chi connectivity index (χ2n) is 6.40. The summed E-state index contributed by atoms with van der Waals surface area (Å²) >= 11 is 12.6. The molecular formula is C24H18Cl2N2O3. The molecule has 31 heavy (non-hydrogen) atoms. The van der Waals surface area contributed by atoms with Crippen molar-refractivity contribution in [1.29, 1.82) is 5.26 Å². The number of ether oxygens (including phenoxy) is 2. The highest BCUT2D eigenvalue weighted by molar-refractivity contribution is 6.32. The van der Waals surface area contributed by atoms with E-state index < -0.39 is 5.91 Å². The third kappa shape index (κ3) is 5.79. The minimum absolute atomic E-state index is 0.0771. The first-order valence-corrected chi connectivity index (χ1v) is 9.99. The summed E-state index contributed by atoms with van der Waals surface area (Å²) in [6, 6.07) is 21.4. The number of rotatable bonds is 7. The lowest BCUT2D eigenvalue weighted by molar-refractivity contribution is -0.112. The van der Waals surface area contributed by atoms with Gasteiger partial charge >= 0.3 is 0 Å². The van der Waals surface area contributed by atoms with E-state index in [1.54, 1.807) is 42.5 Å². The number of nitriles is 1. The first-order chi connectivity index (χ1) is 15.0. The van der Waals surface area contributed by atoms with Crippen molar-refractivity contribution in [3.8, 4) is 17.6 Å². The topological polar surface area (TPSA) is 71.3 Å². The Morgan fingerprint density at radius 1 is 1.06 bits per heavy atom. The molecule has 5 nitrogen and oxygen atoms in total. The van der Waals surface area contributed by atoms with E-state index in [1.165, 1.54) is 13.2 Å². The van der Waals surface area contributed by atoms with Gasteiger partial charge in [0.05, 0.1) is 12.1 Å². The van der Waals surface area contributed by atoms with E-state index in [0.29, 0.717) is 27.8 Å². The number of hydrogen-bond acceptors (Lipinski definition) is 4. The number of halogens is 2. The quantitative estimate of drug-likeness (QED) is 0.345. The fraction of sp³-hybridized carbons (Fsp3) is 0.0833. The van der Waals surface area contributed by atoms with Crippen molar-refractivity contribution in [2.24, 2.45) is 0 Å². The molecule has 0 heterocycles. The molecule has 3 aromatic rings. The summed E-state index contributed by atoms with van der Waals surface area (Å²) in [5, 5.41) is 13.0. The van der Waals surface area contributed by atoms with E-state index in [4.69, 9.17) is 32.7 Å². The van der Waals surface area contributed by atoms with Gasteiger partial charge in [0.25, 0.3) is 5.91 Å². The SMILES string of the molecule is COc1cc(/C=C(/C#N)C(=O)Nc2ccccc2)cc(Cl)c1OCc1ccccc1Cl. The zero-order valence-corrected chi connectivity index (χ0v) is 18.1. The number of para-hydroxylation sites is 1. The summed E-state index contributed by atoms with van der Waals surface area (Å²) in [6.45, 7) is 0.202. The number of carbonyl (C=O) groups is 1. The number of methoxy groups -OCH3 is 1. The number of anilines is 1. The predicted octanol–water partition coefficient (Wildman–Crippen LogP) is 6.13. The lowest BCUT2D eigenvalue weighted by Gasteiger charge is -2.14. The van der Waals surface area contributed by atoms with Crippen LogP contribution >= 0.6 is 23.2 Å². The Balaban J connectivity index is 1.83. The molecule has 3 aromatic carbocycles. The van der Waals surface area contributed by atoms with Gasteiger partial charge in [-0.2, -0.15) is 5.26 Å². The van der Waals surface area contributed by atoms with Crippen LogP contribution in [0.2, 0.25) is 10.0 Å². The van der Waals surface area contributed by atoms with Gasteiger partial charge in [-0.05, 0) is 42.0 Å². The van der Waals surface area contributed by atoms with Gasteiger partial charge in [0.2, 0.25) is 0 Å². The molecule has 0 aliphatic rings. The van der Waals surface area contributed by atoms with Crippen molar-refractivity contribution in [3.05, 3.63) is 93.5 Å². The first-order valence-electron chi connectivity index (χ1n) is 9.23. The fourth-order valence-electron chi connectivity index (χ4n) is 2.76. The van der Waals surface area contributed by atoms with Crippen molar-refractivity contribution < 1.29 is 14.3 Å². The van der Waals surface area contributed by atoms with Gasteiger partial charge in [-0.25, -0.2) is 0 Å². The number of benzene rings is 3. The third-order valence-corrected chi connectivity index (χ3v) is 4.94. The van der Waals surface area contributed by atoms with Crippen LogP contribution in [0, 0.1) is 11.3 Å². The van der Waals surface area contributed by atoms with Crippen molar-refractivity contribution in [1.82, 2.24) is 0 Å². The third-order valence-electron chi connectivity index (χ3n) is 4.29. The molecule has 0 aliphatic heterocycles. The standard InChI is InChI=1S/C24H18Cl2N2O3/c1-30-22-13-16(11-18(14-27)24(29)28-19-8-3-2-4-9-19)12-21(26)23(22)31-15-17-7-5-6-10-20(17)25/h2-13H,15H2,1H3,(H,28,29)/b18-11-. The average Bonchev–Trinajstić information content (AvgIpc) is 2.78. The van der Waals surface area contributed by atoms with Crippen LogP contribution in [0.1, 0.15) is 11.1 Å². The normalized spacial score (nSPS) is 10.8. The summed E-state index contributed by atoms with van der Waals surface area (Å²) in [5.41, 5.74) is 1.83. The highest BCUT2D eigenvalue weighted by Crippen LogP contribution is 2.38. The summed E-state index contributed by atoms with van der Waals surface area (Å²) in [6.07, 6.45) is 1.44. The Kier molecular flexibility index (Phi) is 7.55. The highest BCUT2D eigenvalue weighted by atomic mass is 35.5. The van der Waals surface area contributed by atoms with E-state index in [9.17, 15) is 10.1 Å². The molecule has 1 N–H and O–H groups in total. The molecule has 156 valence electrons. The molecule has 0 aliphatic carbocycles. The number of nitrogens with zero attached hydrogens (tertiary/aromatic N) is 1. The molecule has 1 amide bonds. The monoisotopic (exact) mass is 452 g/mol. The van der Waals surface area contributed by atoms with Crippen molar-refractivity contribution in [3.63, 3.8) is 0 Å². The number of amides is 1. The van der Waals surface area contributed by atoms with Gasteiger partial charge in [0.1, 0.15) is 18.2 Å². The van der Waals surface area contributed by atoms with E-state index in [1.807, 2.05) is 30.3 Å². The summed E-state index contributed by atoms with van der Waals surface area (Å²) in [4.78, 5) is 12.4. The van der Waals surface area contributed by atoms with Gasteiger partial charge in [-0.1, -0.05) is 59.6 Å². The molecule has 0 unspecified atom stereocenters. The lowest BCUT2D eigenvalue weighted by Crippen LogP contribution is -2.13. The summed E-state index contributed by atoms with van der Waals surface area (Å²) < 4.78 is 11.2. The zero-order valence-electron chi connectivity index (χ0n) is 16.6. The molecule has 7 heteroatoms. The minimum Gasteiger partial charge on any atom is -0.493 e. The summed E-state index contributed by atoms with van der Waals surface area (Å²) in [5.74, 6) is 0.183. The number of carbonyl (C=O) groups excluding carboxylic acids is 1. The van der Waals surface area contributed by atoms with Gasteiger partial charge < -0.3 is 14.8 Å². The van der Waals surface area contributed by atoms with Gasteiger partial charge in [0, 0.05) is 16.3 Å². The van der Waals surface area contributed by atoms with Crippen LogP contribution in [0.5, 0.6) is 11.5 Å². The largest absolute Gasteiger partial charge is 0.493 e. The van der Waals surface area contributed by atoms with Crippen molar-refractivity contribution in [2.45, 2.75) is 6.61 Å². The maximum Gasteiger partial charge on any atom is 0.266 e. The van der Waals surface area contributed by atoms with Crippen molar-refractivity contribution >= 4 is 40.9 Å². The predicted molar refractivity (Wildman–Crippen MR) is 122 cm³/mol. The number of hydrogen-bond donors (Lipinski definition) is 1. The second kappa shape index (κ2) is 10.5. The molecule has 0 radical (unpaired) electrons. The summed E-state index contributed by atoms with van der Waals surface area (Å²) in [7, 11) is 1.48. The first kappa shape index (κ1) is 22.2. The Labute approximate surface area is 190 Å². The van der Waals surface area contributed by atoms with Crippen LogP contribution in [0.25, 0.3) is 6.08 Å². The fourth-order valence-corrected chi connectivity index (χ4v) is 3.23. The second-order valence-corrected chi connectivity index (χ2v) is 7.22. The molecule has 0 aromatic heterocycles. The lowest BCUT2D eigenvalue weighted by atomic mass is 10.1. The molecule has 0 saturated carbocycles. The van der Waals surface area contributed by atoms with Crippen LogP contribution in [0.15, 0.2) is 72.3 Å². The molecular weight excluding hydrogens is 435 g/mol. The maximum absolute atomic E-state index is 12.4. The van der Waals surface area contributed by atoms with E-state index in [-0.39, 0.29) is 17.2 Å². The Morgan fingerprint density at radius 3 is 2.45 bits per heavy atom. The smallest absolute Gasteiger partial charge is 0.266 e. The van der Waals surface area contributed by atoms with Crippen LogP contribution in [0.3, 0.4) is 0 Å². The van der Waals surface area contributed by atoms with Crippen LogP contribution in [-0.2, 0) is 11.4 Å². The van der Waals surface area contributed by atoms with E-state index in [2.05, 4.69) is 5.32 Å². The van der Waals surface area contributed by atoms with Crippen LogP contribution in [-0.4, -0.2) is 13.0 Å². The maximum atomic E-state index is 12.4. The molecule has 0 spiro atoms. The molecule has 0 bridgehead atoms. The van der Waals surface area contributed by atoms with Gasteiger partial charge in [-0.3, -0.25) is 4.79 Å². The zero-order chi connectivity index (χ0) is 22.2. The molecule has 3 rings (SSSR count). The molecule has 0 fully saturated rings. The van der Waals surface area contributed by atoms with Crippen LogP contribution < -0.4 is 14.8 Å². The highest BCUT2D eigenvalue weighted by Gasteiger charge is 2.15. The van der Waals surface area contributed by atoms with Gasteiger partial charge in [-0.15, -0.1) is 0 Å². The van der Waals surface area contributed by atoms with Crippen LogP contribution in [0.4, 0.5) is 5.69 Å². The number of nitrogens with one attached hydrogen (secondary N) is 1. The Hall–Kier alpha value is -3.46. The molecule has 0 atom stereocenters. The van der Waals surface area contributed by atoms with Gasteiger partial charge in [0.15, 0.2) is 11.5 Å². The Morgan fingerprint density at radius 2 is 1.77 bits per heavy atom. The van der Waals surface area contributed by atoms with E-state index in [0.717, 1.165) is 5.56 Å². The Bertz CT molecular complexity index is 1160.